The van der Waals surface area contributed by atoms with E-state index in [2.05, 4.69) is 37.4 Å². The molecule has 2 aromatic carbocycles. The second kappa shape index (κ2) is 6.44. The van der Waals surface area contributed by atoms with Crippen molar-refractivity contribution in [1.82, 2.24) is 4.90 Å². The zero-order valence-corrected chi connectivity index (χ0v) is 13.1. The van der Waals surface area contributed by atoms with Crippen molar-refractivity contribution in [3.63, 3.8) is 0 Å². The second-order valence-corrected chi connectivity index (χ2v) is 5.49. The molecular formula is C18H22N2O. The van der Waals surface area contributed by atoms with Crippen LogP contribution in [0.5, 0.6) is 0 Å². The van der Waals surface area contributed by atoms with Gasteiger partial charge in [0.15, 0.2) is 0 Å². The van der Waals surface area contributed by atoms with Gasteiger partial charge in [-0.15, -0.1) is 0 Å². The molecule has 0 atom stereocenters. The van der Waals surface area contributed by atoms with E-state index in [1.807, 2.05) is 24.3 Å². The first kappa shape index (κ1) is 15.1. The van der Waals surface area contributed by atoms with Crippen LogP contribution in [0, 0.1) is 13.8 Å². The zero-order valence-electron chi connectivity index (χ0n) is 13.1. The Kier molecular flexibility index (Phi) is 4.63. The van der Waals surface area contributed by atoms with Crippen molar-refractivity contribution in [3.8, 4) is 0 Å². The molecule has 0 radical (unpaired) electrons. The highest BCUT2D eigenvalue weighted by molar-refractivity contribution is 5.94. The van der Waals surface area contributed by atoms with Gasteiger partial charge in [0, 0.05) is 31.9 Å². The van der Waals surface area contributed by atoms with Crippen LogP contribution in [-0.4, -0.2) is 24.9 Å². The maximum atomic E-state index is 11.8. The first-order chi connectivity index (χ1) is 9.99. The van der Waals surface area contributed by atoms with Gasteiger partial charge in [0.1, 0.15) is 0 Å². The van der Waals surface area contributed by atoms with Crippen molar-refractivity contribution in [2.24, 2.45) is 0 Å². The van der Waals surface area contributed by atoms with Gasteiger partial charge >= 0.3 is 0 Å². The summed E-state index contributed by atoms with van der Waals surface area (Å²) in [7, 11) is 3.52. The van der Waals surface area contributed by atoms with Crippen molar-refractivity contribution in [2.45, 2.75) is 20.4 Å². The van der Waals surface area contributed by atoms with Crippen LogP contribution in [0.25, 0.3) is 0 Å². The van der Waals surface area contributed by atoms with E-state index in [-0.39, 0.29) is 5.91 Å². The Morgan fingerprint density at radius 1 is 1.05 bits per heavy atom. The van der Waals surface area contributed by atoms with E-state index in [0.29, 0.717) is 5.56 Å². The quantitative estimate of drug-likeness (QED) is 0.929. The standard InChI is InChI=1S/C18H22N2O/c1-13-6-5-7-16(14(13)2)12-19-17-10-8-15(9-11-17)18(21)20(3)4/h5-11,19H,12H2,1-4H3. The van der Waals surface area contributed by atoms with Gasteiger partial charge in [-0.2, -0.15) is 0 Å². The molecule has 0 bridgehead atoms. The summed E-state index contributed by atoms with van der Waals surface area (Å²) in [5, 5.41) is 3.40. The summed E-state index contributed by atoms with van der Waals surface area (Å²) in [4.78, 5) is 13.4. The molecule has 2 aromatic rings. The van der Waals surface area contributed by atoms with E-state index in [9.17, 15) is 4.79 Å². The lowest BCUT2D eigenvalue weighted by Gasteiger charge is -2.13. The molecule has 0 aliphatic carbocycles. The Balaban J connectivity index is 2.04. The molecule has 0 heterocycles. The lowest BCUT2D eigenvalue weighted by Crippen LogP contribution is -2.21. The zero-order chi connectivity index (χ0) is 15.4. The van der Waals surface area contributed by atoms with Crippen molar-refractivity contribution in [3.05, 3.63) is 64.7 Å². The summed E-state index contributed by atoms with van der Waals surface area (Å²) in [5.74, 6) is 0.0241. The Labute approximate surface area is 126 Å². The van der Waals surface area contributed by atoms with Gasteiger partial charge in [-0.1, -0.05) is 18.2 Å². The minimum Gasteiger partial charge on any atom is -0.381 e. The molecule has 0 aliphatic rings. The number of carbonyl (C=O) groups is 1. The van der Waals surface area contributed by atoms with Crippen LogP contribution < -0.4 is 5.32 Å². The fourth-order valence-corrected chi connectivity index (χ4v) is 2.19. The summed E-state index contributed by atoms with van der Waals surface area (Å²) < 4.78 is 0. The topological polar surface area (TPSA) is 32.3 Å². The molecule has 0 saturated heterocycles. The number of aryl methyl sites for hydroxylation is 1. The molecule has 0 saturated carbocycles. The van der Waals surface area contributed by atoms with Crippen molar-refractivity contribution < 1.29 is 4.79 Å². The minimum absolute atomic E-state index is 0.0241. The SMILES string of the molecule is Cc1cccc(CNc2ccc(C(=O)N(C)C)cc2)c1C. The highest BCUT2D eigenvalue weighted by atomic mass is 16.2. The number of rotatable bonds is 4. The van der Waals surface area contributed by atoms with Gasteiger partial charge in [-0.3, -0.25) is 4.79 Å². The minimum atomic E-state index is 0.0241. The lowest BCUT2D eigenvalue weighted by molar-refractivity contribution is 0.0827. The Morgan fingerprint density at radius 2 is 1.71 bits per heavy atom. The number of hydrogen-bond acceptors (Lipinski definition) is 2. The van der Waals surface area contributed by atoms with Crippen molar-refractivity contribution in [2.75, 3.05) is 19.4 Å². The Bertz CT molecular complexity index is 630. The number of benzene rings is 2. The number of hydrogen-bond donors (Lipinski definition) is 1. The van der Waals surface area contributed by atoms with Gasteiger partial charge in [-0.25, -0.2) is 0 Å². The molecule has 0 fully saturated rings. The summed E-state index contributed by atoms with van der Waals surface area (Å²) in [6.45, 7) is 5.06. The second-order valence-electron chi connectivity index (χ2n) is 5.49. The van der Waals surface area contributed by atoms with Gasteiger partial charge in [-0.05, 0) is 54.8 Å². The number of amides is 1. The Morgan fingerprint density at radius 3 is 2.33 bits per heavy atom. The first-order valence-corrected chi connectivity index (χ1v) is 7.09. The van der Waals surface area contributed by atoms with Crippen LogP contribution in [0.15, 0.2) is 42.5 Å². The van der Waals surface area contributed by atoms with Crippen LogP contribution in [0.1, 0.15) is 27.0 Å². The third-order valence-corrected chi connectivity index (χ3v) is 3.74. The van der Waals surface area contributed by atoms with E-state index in [4.69, 9.17) is 0 Å². The largest absolute Gasteiger partial charge is 0.381 e. The van der Waals surface area contributed by atoms with E-state index in [1.54, 1.807) is 19.0 Å². The molecule has 3 heteroatoms. The van der Waals surface area contributed by atoms with Crippen LogP contribution in [0.3, 0.4) is 0 Å². The summed E-state index contributed by atoms with van der Waals surface area (Å²) in [5.41, 5.74) is 5.65. The summed E-state index contributed by atoms with van der Waals surface area (Å²) >= 11 is 0. The number of carbonyl (C=O) groups excluding carboxylic acids is 1. The Hall–Kier alpha value is -2.29. The molecule has 110 valence electrons. The molecule has 1 amide bonds. The van der Waals surface area contributed by atoms with Crippen molar-refractivity contribution >= 4 is 11.6 Å². The summed E-state index contributed by atoms with van der Waals surface area (Å²) in [6, 6.07) is 13.9. The monoisotopic (exact) mass is 282 g/mol. The third-order valence-electron chi connectivity index (χ3n) is 3.74. The van der Waals surface area contributed by atoms with E-state index >= 15 is 0 Å². The number of anilines is 1. The molecular weight excluding hydrogens is 260 g/mol. The molecule has 2 rings (SSSR count). The smallest absolute Gasteiger partial charge is 0.253 e. The van der Waals surface area contributed by atoms with Crippen LogP contribution in [0.4, 0.5) is 5.69 Å². The highest BCUT2D eigenvalue weighted by Crippen LogP contribution is 2.16. The maximum Gasteiger partial charge on any atom is 0.253 e. The lowest BCUT2D eigenvalue weighted by atomic mass is 10.0. The van der Waals surface area contributed by atoms with E-state index < -0.39 is 0 Å². The van der Waals surface area contributed by atoms with Crippen molar-refractivity contribution in [1.29, 1.82) is 0 Å². The summed E-state index contributed by atoms with van der Waals surface area (Å²) in [6.07, 6.45) is 0. The molecule has 0 unspecified atom stereocenters. The average Bonchev–Trinajstić information content (AvgIpc) is 2.48. The fourth-order valence-electron chi connectivity index (χ4n) is 2.19. The van der Waals surface area contributed by atoms with Gasteiger partial charge in [0.25, 0.3) is 5.91 Å². The highest BCUT2D eigenvalue weighted by Gasteiger charge is 2.07. The van der Waals surface area contributed by atoms with Gasteiger partial charge in [0.05, 0.1) is 0 Å². The molecule has 0 spiro atoms. The predicted molar refractivity (Wildman–Crippen MR) is 87.7 cm³/mol. The van der Waals surface area contributed by atoms with Gasteiger partial charge < -0.3 is 10.2 Å². The van der Waals surface area contributed by atoms with Gasteiger partial charge in [0.2, 0.25) is 0 Å². The molecule has 1 N–H and O–H groups in total. The molecule has 3 nitrogen and oxygen atoms in total. The number of nitrogens with zero attached hydrogens (tertiary/aromatic N) is 1. The van der Waals surface area contributed by atoms with Crippen LogP contribution in [-0.2, 0) is 6.54 Å². The van der Waals surface area contributed by atoms with E-state index in [0.717, 1.165) is 12.2 Å². The molecule has 21 heavy (non-hydrogen) atoms. The molecule has 0 aromatic heterocycles. The first-order valence-electron chi connectivity index (χ1n) is 7.09. The molecule has 0 aliphatic heterocycles. The van der Waals surface area contributed by atoms with E-state index in [1.165, 1.54) is 16.7 Å². The number of nitrogens with one attached hydrogen (secondary N) is 1. The average molecular weight is 282 g/mol. The maximum absolute atomic E-state index is 11.8. The normalized spacial score (nSPS) is 10.3. The predicted octanol–water partition coefficient (Wildman–Crippen LogP) is 3.62. The third kappa shape index (κ3) is 3.63. The van der Waals surface area contributed by atoms with Crippen LogP contribution in [0.2, 0.25) is 0 Å². The fraction of sp³-hybridized carbons (Fsp3) is 0.278. The van der Waals surface area contributed by atoms with Crippen LogP contribution >= 0.6 is 0 Å².